The summed E-state index contributed by atoms with van der Waals surface area (Å²) in [5.41, 5.74) is 5.40. The summed E-state index contributed by atoms with van der Waals surface area (Å²) < 4.78 is 0. The quantitative estimate of drug-likeness (QED) is 0.671. The average molecular weight is 249 g/mol. The molecule has 0 aliphatic carbocycles. The minimum atomic E-state index is -0.0887. The second kappa shape index (κ2) is 4.86. The zero-order chi connectivity index (χ0) is 13.1. The van der Waals surface area contributed by atoms with Crippen LogP contribution in [0.2, 0.25) is 0 Å². The fourth-order valence-corrected chi connectivity index (χ4v) is 1.85. The van der Waals surface area contributed by atoms with Gasteiger partial charge in [-0.05, 0) is 24.3 Å². The first-order valence-electron chi connectivity index (χ1n) is 5.91. The van der Waals surface area contributed by atoms with Crippen LogP contribution in [0.25, 0.3) is 0 Å². The van der Waals surface area contributed by atoms with Crippen molar-refractivity contribution in [2.24, 2.45) is 10.1 Å². The van der Waals surface area contributed by atoms with E-state index in [9.17, 15) is 4.79 Å². The molecule has 2 aromatic carbocycles. The minimum absolute atomic E-state index is 0.0887. The summed E-state index contributed by atoms with van der Waals surface area (Å²) in [6, 6.07) is 16.8. The Kier molecular flexibility index (Phi) is 2.90. The van der Waals surface area contributed by atoms with E-state index in [1.807, 2.05) is 48.5 Å². The Morgan fingerprint density at radius 3 is 2.53 bits per heavy atom. The molecule has 0 saturated carbocycles. The molecule has 19 heavy (non-hydrogen) atoms. The minimum Gasteiger partial charge on any atom is -0.287 e. The number of hydrogen-bond donors (Lipinski definition) is 1. The number of benzene rings is 2. The van der Waals surface area contributed by atoms with Crippen molar-refractivity contribution in [2.75, 3.05) is 5.43 Å². The number of anilines is 1. The number of hydrogen-bond acceptors (Lipinski definition) is 4. The van der Waals surface area contributed by atoms with Crippen LogP contribution in [0.4, 0.5) is 11.4 Å². The SMILES string of the molecule is O=C1C(/C=N/Nc2ccccc2)=Nc2ccccc21. The molecular formula is C15H11N3O. The van der Waals surface area contributed by atoms with Crippen LogP contribution in [-0.2, 0) is 0 Å². The van der Waals surface area contributed by atoms with E-state index in [4.69, 9.17) is 0 Å². The van der Waals surface area contributed by atoms with Gasteiger partial charge in [0.25, 0.3) is 0 Å². The molecule has 0 unspecified atom stereocenters. The standard InChI is InChI=1S/C15H11N3O/c19-15-12-8-4-5-9-13(12)17-14(15)10-16-18-11-6-2-1-3-7-11/h1-10,18H/b16-10+. The molecule has 2 aromatic rings. The second-order valence-electron chi connectivity index (χ2n) is 4.08. The molecule has 0 spiro atoms. The molecule has 1 N–H and O–H groups in total. The Bertz CT molecular complexity index is 675. The first kappa shape index (κ1) is 11.3. The number of nitrogens with one attached hydrogen (secondary N) is 1. The van der Waals surface area contributed by atoms with Crippen LogP contribution in [0.15, 0.2) is 64.7 Å². The molecule has 1 aliphatic rings. The van der Waals surface area contributed by atoms with Crippen LogP contribution in [0.3, 0.4) is 0 Å². The molecule has 0 aromatic heterocycles. The third-order valence-electron chi connectivity index (χ3n) is 2.78. The highest BCUT2D eigenvalue weighted by atomic mass is 16.1. The summed E-state index contributed by atoms with van der Waals surface area (Å²) in [6.07, 6.45) is 1.45. The molecule has 0 radical (unpaired) electrons. The Morgan fingerprint density at radius 2 is 1.74 bits per heavy atom. The maximum absolute atomic E-state index is 12.0. The smallest absolute Gasteiger partial charge is 0.215 e. The van der Waals surface area contributed by atoms with Gasteiger partial charge in [-0.3, -0.25) is 10.2 Å². The van der Waals surface area contributed by atoms with Crippen molar-refractivity contribution in [2.45, 2.75) is 0 Å². The molecule has 0 fully saturated rings. The maximum Gasteiger partial charge on any atom is 0.215 e. The van der Waals surface area contributed by atoms with Crippen molar-refractivity contribution in [1.29, 1.82) is 0 Å². The van der Waals surface area contributed by atoms with Gasteiger partial charge in [0, 0.05) is 5.56 Å². The fraction of sp³-hybridized carbons (Fsp3) is 0. The number of aliphatic imine (C=N–C) groups is 1. The third-order valence-corrected chi connectivity index (χ3v) is 2.78. The van der Waals surface area contributed by atoms with Crippen LogP contribution in [0, 0.1) is 0 Å². The number of carbonyl (C=O) groups is 1. The Hall–Kier alpha value is -2.75. The van der Waals surface area contributed by atoms with Crippen molar-refractivity contribution >= 4 is 29.1 Å². The summed E-state index contributed by atoms with van der Waals surface area (Å²) in [4.78, 5) is 16.2. The van der Waals surface area contributed by atoms with Gasteiger partial charge in [0.2, 0.25) is 5.78 Å². The largest absolute Gasteiger partial charge is 0.287 e. The van der Waals surface area contributed by atoms with Gasteiger partial charge in [-0.2, -0.15) is 5.10 Å². The van der Waals surface area contributed by atoms with Gasteiger partial charge in [0.1, 0.15) is 5.71 Å². The molecule has 3 rings (SSSR count). The van der Waals surface area contributed by atoms with Gasteiger partial charge in [0.05, 0.1) is 17.6 Å². The predicted octanol–water partition coefficient (Wildman–Crippen LogP) is 3.05. The van der Waals surface area contributed by atoms with Crippen molar-refractivity contribution in [3.05, 3.63) is 60.2 Å². The summed E-state index contributed by atoms with van der Waals surface area (Å²) in [5, 5.41) is 4.03. The van der Waals surface area contributed by atoms with Gasteiger partial charge < -0.3 is 0 Å². The van der Waals surface area contributed by atoms with Crippen molar-refractivity contribution in [3.63, 3.8) is 0 Å². The number of ketones is 1. The molecule has 0 saturated heterocycles. The lowest BCUT2D eigenvalue weighted by atomic mass is 10.1. The number of carbonyl (C=O) groups excluding carboxylic acids is 1. The molecule has 0 amide bonds. The molecule has 0 atom stereocenters. The Balaban J connectivity index is 1.74. The van der Waals surface area contributed by atoms with Crippen molar-refractivity contribution in [3.8, 4) is 0 Å². The zero-order valence-corrected chi connectivity index (χ0v) is 10.1. The van der Waals surface area contributed by atoms with E-state index in [0.717, 1.165) is 5.69 Å². The van der Waals surface area contributed by atoms with Gasteiger partial charge in [-0.15, -0.1) is 0 Å². The van der Waals surface area contributed by atoms with Gasteiger partial charge in [-0.25, -0.2) is 4.99 Å². The van der Waals surface area contributed by atoms with E-state index in [2.05, 4.69) is 15.5 Å². The van der Waals surface area contributed by atoms with E-state index >= 15 is 0 Å². The lowest BCUT2D eigenvalue weighted by molar-refractivity contribution is 0.107. The molecular weight excluding hydrogens is 238 g/mol. The van der Waals surface area contributed by atoms with Crippen LogP contribution < -0.4 is 5.43 Å². The molecule has 0 bridgehead atoms. The highest BCUT2D eigenvalue weighted by molar-refractivity contribution is 6.67. The summed E-state index contributed by atoms with van der Waals surface area (Å²) >= 11 is 0. The molecule has 92 valence electrons. The lowest BCUT2D eigenvalue weighted by Gasteiger charge is -1.97. The Labute approximate surface area is 110 Å². The van der Waals surface area contributed by atoms with Crippen LogP contribution in [0.5, 0.6) is 0 Å². The van der Waals surface area contributed by atoms with E-state index in [0.29, 0.717) is 17.0 Å². The van der Waals surface area contributed by atoms with Crippen molar-refractivity contribution in [1.82, 2.24) is 0 Å². The van der Waals surface area contributed by atoms with Crippen LogP contribution in [-0.4, -0.2) is 17.7 Å². The van der Waals surface area contributed by atoms with Gasteiger partial charge >= 0.3 is 0 Å². The van der Waals surface area contributed by atoms with E-state index in [1.54, 1.807) is 6.07 Å². The summed E-state index contributed by atoms with van der Waals surface area (Å²) in [5.74, 6) is -0.0887. The number of hydrazone groups is 1. The van der Waals surface area contributed by atoms with Gasteiger partial charge in [0.15, 0.2) is 0 Å². The third kappa shape index (κ3) is 2.28. The second-order valence-corrected chi connectivity index (χ2v) is 4.08. The van der Waals surface area contributed by atoms with Gasteiger partial charge in [-0.1, -0.05) is 30.3 Å². The molecule has 1 aliphatic heterocycles. The predicted molar refractivity (Wildman–Crippen MR) is 76.4 cm³/mol. The highest BCUT2D eigenvalue weighted by Gasteiger charge is 2.22. The molecule has 4 nitrogen and oxygen atoms in total. The number of fused-ring (bicyclic) bond motifs is 1. The first-order valence-corrected chi connectivity index (χ1v) is 5.91. The van der Waals surface area contributed by atoms with Crippen LogP contribution >= 0.6 is 0 Å². The number of rotatable bonds is 3. The fourth-order valence-electron chi connectivity index (χ4n) is 1.85. The Morgan fingerprint density at radius 1 is 1.00 bits per heavy atom. The van der Waals surface area contributed by atoms with Crippen molar-refractivity contribution < 1.29 is 4.79 Å². The highest BCUT2D eigenvalue weighted by Crippen LogP contribution is 2.25. The summed E-state index contributed by atoms with van der Waals surface area (Å²) in [7, 11) is 0. The molecule has 4 heteroatoms. The topological polar surface area (TPSA) is 53.8 Å². The lowest BCUT2D eigenvalue weighted by Crippen LogP contribution is -2.11. The summed E-state index contributed by atoms with van der Waals surface area (Å²) in [6.45, 7) is 0. The number of nitrogens with zero attached hydrogens (tertiary/aromatic N) is 2. The van der Waals surface area contributed by atoms with E-state index < -0.39 is 0 Å². The number of para-hydroxylation sites is 2. The van der Waals surface area contributed by atoms with E-state index in [1.165, 1.54) is 6.21 Å². The number of Topliss-reactive ketones (excluding diaryl/α,β-unsaturated/α-hetero) is 1. The van der Waals surface area contributed by atoms with E-state index in [-0.39, 0.29) is 5.78 Å². The molecule has 1 heterocycles. The average Bonchev–Trinajstić information content (AvgIpc) is 2.78. The zero-order valence-electron chi connectivity index (χ0n) is 10.1. The first-order chi connectivity index (χ1) is 9.34. The van der Waals surface area contributed by atoms with Crippen LogP contribution in [0.1, 0.15) is 10.4 Å². The maximum atomic E-state index is 12.0. The monoisotopic (exact) mass is 249 g/mol. The normalized spacial score (nSPS) is 13.5.